The molecule has 0 saturated carbocycles. The van der Waals surface area contributed by atoms with Gasteiger partial charge >= 0.3 is 0 Å². The second-order valence-corrected chi connectivity index (χ2v) is 4.62. The fourth-order valence-electron chi connectivity index (χ4n) is 1.49. The van der Waals surface area contributed by atoms with E-state index in [1.54, 1.807) is 6.07 Å². The van der Waals surface area contributed by atoms with E-state index in [2.05, 4.69) is 24.0 Å². The van der Waals surface area contributed by atoms with E-state index < -0.39 is 0 Å². The number of hydrogen-bond donors (Lipinski definition) is 1. The van der Waals surface area contributed by atoms with Crippen LogP contribution < -0.4 is 10.2 Å². The number of H-pyrrole nitrogens is 1. The fourth-order valence-corrected chi connectivity index (χ4v) is 1.63. The Balaban J connectivity index is 2.28. The minimum Gasteiger partial charge on any atom is -0.435 e. The van der Waals surface area contributed by atoms with Gasteiger partial charge in [0.05, 0.1) is 0 Å². The van der Waals surface area contributed by atoms with Crippen LogP contribution >= 0.6 is 11.6 Å². The van der Waals surface area contributed by atoms with E-state index in [1.807, 2.05) is 18.2 Å². The molecule has 0 fully saturated rings. The molecule has 5 heteroatoms. The molecular weight excluding hydrogens is 252 g/mol. The standard InChI is InChI=1S/C13H13ClN2O2/c1-8(2)9-4-3-5-10(6-9)18-13-11(17)7-12(14)15-16-13/h3-8H,1-2H3,(H,15,17). The Bertz CT molecular complexity index is 608. The molecule has 0 aliphatic carbocycles. The van der Waals surface area contributed by atoms with Crippen molar-refractivity contribution in [2.24, 2.45) is 0 Å². The Hall–Kier alpha value is -1.81. The van der Waals surface area contributed by atoms with Crippen LogP contribution in [0, 0.1) is 0 Å². The zero-order chi connectivity index (χ0) is 13.1. The van der Waals surface area contributed by atoms with E-state index in [4.69, 9.17) is 16.3 Å². The van der Waals surface area contributed by atoms with Crippen molar-refractivity contribution in [3.8, 4) is 11.6 Å². The van der Waals surface area contributed by atoms with Gasteiger partial charge < -0.3 is 4.74 Å². The Labute approximate surface area is 110 Å². The van der Waals surface area contributed by atoms with Crippen molar-refractivity contribution in [1.82, 2.24) is 10.2 Å². The maximum atomic E-state index is 11.6. The van der Waals surface area contributed by atoms with Gasteiger partial charge in [-0.1, -0.05) is 37.6 Å². The van der Waals surface area contributed by atoms with E-state index in [0.29, 0.717) is 11.7 Å². The number of ether oxygens (including phenoxy) is 1. The van der Waals surface area contributed by atoms with E-state index in [1.165, 1.54) is 6.07 Å². The van der Waals surface area contributed by atoms with Crippen molar-refractivity contribution in [1.29, 1.82) is 0 Å². The molecule has 94 valence electrons. The highest BCUT2D eigenvalue weighted by molar-refractivity contribution is 6.29. The Morgan fingerprint density at radius 1 is 1.33 bits per heavy atom. The Kier molecular flexibility index (Phi) is 3.67. The van der Waals surface area contributed by atoms with Crippen LogP contribution in [0.3, 0.4) is 0 Å². The lowest BCUT2D eigenvalue weighted by atomic mass is 10.0. The van der Waals surface area contributed by atoms with Gasteiger partial charge in [0.15, 0.2) is 0 Å². The molecule has 0 bridgehead atoms. The third kappa shape index (κ3) is 2.90. The lowest BCUT2D eigenvalue weighted by Gasteiger charge is -2.08. The molecule has 18 heavy (non-hydrogen) atoms. The van der Waals surface area contributed by atoms with E-state index in [-0.39, 0.29) is 16.5 Å². The second kappa shape index (κ2) is 5.23. The first kappa shape index (κ1) is 12.6. The summed E-state index contributed by atoms with van der Waals surface area (Å²) < 4.78 is 5.44. The Morgan fingerprint density at radius 3 is 2.78 bits per heavy atom. The van der Waals surface area contributed by atoms with E-state index in [0.717, 1.165) is 5.56 Å². The number of benzene rings is 1. The zero-order valence-electron chi connectivity index (χ0n) is 10.1. The number of aromatic amines is 1. The SMILES string of the molecule is CC(C)c1cccc(Oc2n[nH]c(Cl)cc2=O)c1. The lowest BCUT2D eigenvalue weighted by molar-refractivity contribution is 0.449. The summed E-state index contributed by atoms with van der Waals surface area (Å²) in [5.41, 5.74) is 0.784. The summed E-state index contributed by atoms with van der Waals surface area (Å²) in [4.78, 5) is 11.6. The van der Waals surface area contributed by atoms with Crippen molar-refractivity contribution >= 4 is 11.6 Å². The van der Waals surface area contributed by atoms with Gasteiger partial charge in [0.1, 0.15) is 10.9 Å². The third-order valence-corrected chi connectivity index (χ3v) is 2.67. The summed E-state index contributed by atoms with van der Waals surface area (Å²) in [6.07, 6.45) is 0. The maximum Gasteiger partial charge on any atom is 0.285 e. The minimum atomic E-state index is -0.353. The van der Waals surface area contributed by atoms with E-state index >= 15 is 0 Å². The van der Waals surface area contributed by atoms with Gasteiger partial charge in [-0.15, -0.1) is 5.10 Å². The fraction of sp³-hybridized carbons (Fsp3) is 0.231. The molecule has 1 heterocycles. The molecule has 0 spiro atoms. The van der Waals surface area contributed by atoms with Crippen LogP contribution in [0.25, 0.3) is 0 Å². The van der Waals surface area contributed by atoms with Crippen LogP contribution in [0.2, 0.25) is 5.15 Å². The summed E-state index contributed by atoms with van der Waals surface area (Å²) >= 11 is 5.61. The number of aromatic nitrogens is 2. The number of rotatable bonds is 3. The molecule has 0 saturated heterocycles. The van der Waals surface area contributed by atoms with Crippen LogP contribution in [0.5, 0.6) is 11.6 Å². The van der Waals surface area contributed by atoms with Crippen LogP contribution in [0.1, 0.15) is 25.3 Å². The number of halogens is 1. The number of hydrogen-bond acceptors (Lipinski definition) is 3. The summed E-state index contributed by atoms with van der Waals surface area (Å²) in [5.74, 6) is 0.965. The molecule has 1 aromatic carbocycles. The molecule has 0 atom stereocenters. The first-order valence-electron chi connectivity index (χ1n) is 5.59. The highest BCUT2D eigenvalue weighted by atomic mass is 35.5. The summed E-state index contributed by atoms with van der Waals surface area (Å²) in [5, 5.41) is 6.43. The molecule has 0 aliphatic heterocycles. The number of nitrogens with one attached hydrogen (secondary N) is 1. The Morgan fingerprint density at radius 2 is 2.11 bits per heavy atom. The molecule has 4 nitrogen and oxygen atoms in total. The zero-order valence-corrected chi connectivity index (χ0v) is 10.9. The van der Waals surface area contributed by atoms with Crippen molar-refractivity contribution < 1.29 is 4.74 Å². The quantitative estimate of drug-likeness (QED) is 0.925. The van der Waals surface area contributed by atoms with Gasteiger partial charge in [-0.25, -0.2) is 0 Å². The molecule has 1 aromatic heterocycles. The monoisotopic (exact) mass is 264 g/mol. The predicted molar refractivity (Wildman–Crippen MR) is 70.5 cm³/mol. The average Bonchev–Trinajstić information content (AvgIpc) is 2.33. The van der Waals surface area contributed by atoms with Gasteiger partial charge in [0.2, 0.25) is 5.43 Å². The second-order valence-electron chi connectivity index (χ2n) is 4.21. The molecule has 0 unspecified atom stereocenters. The van der Waals surface area contributed by atoms with Crippen molar-refractivity contribution in [3.63, 3.8) is 0 Å². The van der Waals surface area contributed by atoms with Gasteiger partial charge in [-0.2, -0.15) is 0 Å². The van der Waals surface area contributed by atoms with Crippen molar-refractivity contribution in [2.75, 3.05) is 0 Å². The van der Waals surface area contributed by atoms with Crippen LogP contribution in [0.4, 0.5) is 0 Å². The van der Waals surface area contributed by atoms with Crippen LogP contribution in [-0.2, 0) is 0 Å². The van der Waals surface area contributed by atoms with Crippen molar-refractivity contribution in [3.05, 3.63) is 51.3 Å². The third-order valence-electron chi connectivity index (χ3n) is 2.47. The van der Waals surface area contributed by atoms with Crippen LogP contribution in [-0.4, -0.2) is 10.2 Å². The van der Waals surface area contributed by atoms with Gasteiger partial charge in [-0.3, -0.25) is 9.89 Å². The molecule has 2 aromatic rings. The minimum absolute atomic E-state index is 0.0136. The normalized spacial score (nSPS) is 10.7. The lowest BCUT2D eigenvalue weighted by Crippen LogP contribution is -2.07. The number of nitrogens with zero attached hydrogens (tertiary/aromatic N) is 1. The highest BCUT2D eigenvalue weighted by Gasteiger charge is 2.06. The van der Waals surface area contributed by atoms with Gasteiger partial charge in [0, 0.05) is 6.07 Å². The highest BCUT2D eigenvalue weighted by Crippen LogP contribution is 2.22. The van der Waals surface area contributed by atoms with E-state index in [9.17, 15) is 4.79 Å². The maximum absolute atomic E-state index is 11.6. The molecule has 0 aliphatic rings. The molecular formula is C13H13ClN2O2. The topological polar surface area (TPSA) is 55.0 Å². The van der Waals surface area contributed by atoms with Gasteiger partial charge in [-0.05, 0) is 23.6 Å². The average molecular weight is 265 g/mol. The summed E-state index contributed by atoms with van der Waals surface area (Å²) in [7, 11) is 0. The molecule has 0 radical (unpaired) electrons. The molecule has 0 amide bonds. The summed E-state index contributed by atoms with van der Waals surface area (Å²) in [6, 6.07) is 8.80. The largest absolute Gasteiger partial charge is 0.435 e. The smallest absolute Gasteiger partial charge is 0.285 e. The van der Waals surface area contributed by atoms with Crippen LogP contribution in [0.15, 0.2) is 35.1 Å². The molecule has 2 rings (SSSR count). The first-order valence-corrected chi connectivity index (χ1v) is 5.97. The first-order chi connectivity index (χ1) is 8.56. The van der Waals surface area contributed by atoms with Crippen molar-refractivity contribution in [2.45, 2.75) is 19.8 Å². The van der Waals surface area contributed by atoms with Gasteiger partial charge in [0.25, 0.3) is 5.88 Å². The summed E-state index contributed by atoms with van der Waals surface area (Å²) in [6.45, 7) is 4.18. The predicted octanol–water partition coefficient (Wildman–Crippen LogP) is 3.34. The molecule has 1 N–H and O–H groups in total.